The van der Waals surface area contributed by atoms with Gasteiger partial charge in [-0.1, -0.05) is 12.1 Å². The third kappa shape index (κ3) is 2.83. The van der Waals surface area contributed by atoms with E-state index in [2.05, 4.69) is 28.5 Å². The number of nitrogens with one attached hydrogen (secondary N) is 1. The van der Waals surface area contributed by atoms with Crippen LogP contribution in [-0.2, 0) is 13.0 Å². The molecule has 0 fully saturated rings. The van der Waals surface area contributed by atoms with Gasteiger partial charge in [0.25, 0.3) is 0 Å². The fraction of sp³-hybridized carbons (Fsp3) is 0.353. The molecule has 1 unspecified atom stereocenters. The van der Waals surface area contributed by atoms with Gasteiger partial charge in [-0.15, -0.1) is 0 Å². The van der Waals surface area contributed by atoms with Crippen molar-refractivity contribution in [2.75, 3.05) is 7.05 Å². The predicted molar refractivity (Wildman–Crippen MR) is 79.7 cm³/mol. The molecule has 104 valence electrons. The van der Waals surface area contributed by atoms with Gasteiger partial charge in [0.05, 0.1) is 5.69 Å². The Bertz CT molecular complexity index is 568. The summed E-state index contributed by atoms with van der Waals surface area (Å²) in [5.41, 5.74) is 3.79. The zero-order valence-corrected chi connectivity index (χ0v) is 11.8. The second-order valence-electron chi connectivity index (χ2n) is 5.20. The van der Waals surface area contributed by atoms with Crippen molar-refractivity contribution >= 4 is 0 Å². The number of benzene rings is 1. The zero-order valence-electron chi connectivity index (χ0n) is 11.8. The number of rotatable bonds is 4. The van der Waals surface area contributed by atoms with Gasteiger partial charge in [-0.2, -0.15) is 0 Å². The quantitative estimate of drug-likeness (QED) is 0.924. The molecule has 3 heteroatoms. The average molecular weight is 268 g/mol. The van der Waals surface area contributed by atoms with E-state index in [1.807, 2.05) is 25.2 Å². The molecule has 1 N–H and O–H groups in total. The van der Waals surface area contributed by atoms with E-state index in [0.29, 0.717) is 12.6 Å². The molecule has 0 saturated heterocycles. The van der Waals surface area contributed by atoms with Gasteiger partial charge in [-0.3, -0.25) is 4.98 Å². The molecule has 2 aromatic rings. The number of aryl methyl sites for hydroxylation is 1. The topological polar surface area (TPSA) is 34.1 Å². The van der Waals surface area contributed by atoms with E-state index < -0.39 is 0 Å². The smallest absolute Gasteiger partial charge is 0.130 e. The number of hydrogen-bond acceptors (Lipinski definition) is 3. The first-order valence-electron chi connectivity index (χ1n) is 7.19. The molecular formula is C17H20N2O. The Labute approximate surface area is 120 Å². The Morgan fingerprint density at radius 1 is 1.30 bits per heavy atom. The summed E-state index contributed by atoms with van der Waals surface area (Å²) in [6.45, 7) is 0.518. The minimum absolute atomic E-state index is 0.456. The lowest BCUT2D eigenvalue weighted by Crippen LogP contribution is -2.21. The molecule has 20 heavy (non-hydrogen) atoms. The van der Waals surface area contributed by atoms with Gasteiger partial charge >= 0.3 is 0 Å². The standard InChI is InChI=1S/C17H20N2O/c1-18-17-7-4-5-13-8-9-15(11-16(13)17)20-12-14-6-2-3-10-19-14/h2-3,6,8-11,17-18H,4-5,7,12H2,1H3. The van der Waals surface area contributed by atoms with E-state index in [1.54, 1.807) is 6.20 Å². The Hall–Kier alpha value is -1.87. The van der Waals surface area contributed by atoms with Crippen molar-refractivity contribution in [3.8, 4) is 5.75 Å². The summed E-state index contributed by atoms with van der Waals surface area (Å²) < 4.78 is 5.86. The molecule has 1 atom stereocenters. The molecule has 1 aliphatic rings. The van der Waals surface area contributed by atoms with Crippen molar-refractivity contribution in [3.63, 3.8) is 0 Å². The van der Waals surface area contributed by atoms with Crippen LogP contribution < -0.4 is 10.1 Å². The van der Waals surface area contributed by atoms with Crippen molar-refractivity contribution < 1.29 is 4.74 Å². The molecule has 3 nitrogen and oxygen atoms in total. The van der Waals surface area contributed by atoms with Gasteiger partial charge in [0.1, 0.15) is 12.4 Å². The highest BCUT2D eigenvalue weighted by molar-refractivity contribution is 5.39. The van der Waals surface area contributed by atoms with Crippen LogP contribution in [0.25, 0.3) is 0 Å². The van der Waals surface area contributed by atoms with Gasteiger partial charge in [0.2, 0.25) is 0 Å². The first-order chi connectivity index (χ1) is 9.86. The normalized spacial score (nSPS) is 17.6. The van der Waals surface area contributed by atoms with E-state index in [9.17, 15) is 0 Å². The number of nitrogens with zero attached hydrogens (tertiary/aromatic N) is 1. The monoisotopic (exact) mass is 268 g/mol. The maximum atomic E-state index is 5.86. The minimum atomic E-state index is 0.456. The molecule has 0 saturated carbocycles. The van der Waals surface area contributed by atoms with Gasteiger partial charge in [-0.05, 0) is 61.7 Å². The molecular weight excluding hydrogens is 248 g/mol. The largest absolute Gasteiger partial charge is 0.487 e. The molecule has 0 amide bonds. The molecule has 3 rings (SSSR count). The highest BCUT2D eigenvalue weighted by Crippen LogP contribution is 2.32. The first kappa shape index (κ1) is 13.1. The lowest BCUT2D eigenvalue weighted by atomic mass is 9.87. The van der Waals surface area contributed by atoms with E-state index in [-0.39, 0.29) is 0 Å². The van der Waals surface area contributed by atoms with Crippen LogP contribution in [0.4, 0.5) is 0 Å². The molecule has 1 aromatic heterocycles. The van der Waals surface area contributed by atoms with Crippen LogP contribution in [0.15, 0.2) is 42.6 Å². The van der Waals surface area contributed by atoms with E-state index >= 15 is 0 Å². The Morgan fingerprint density at radius 2 is 2.25 bits per heavy atom. The Kier molecular flexibility index (Phi) is 3.97. The van der Waals surface area contributed by atoms with Crippen molar-refractivity contribution in [2.24, 2.45) is 0 Å². The van der Waals surface area contributed by atoms with E-state index in [1.165, 1.54) is 30.4 Å². The van der Waals surface area contributed by atoms with Gasteiger partial charge in [-0.25, -0.2) is 0 Å². The van der Waals surface area contributed by atoms with Crippen LogP contribution in [0, 0.1) is 0 Å². The summed E-state index contributed by atoms with van der Waals surface area (Å²) in [5, 5.41) is 3.39. The van der Waals surface area contributed by atoms with Crippen molar-refractivity contribution in [1.29, 1.82) is 0 Å². The van der Waals surface area contributed by atoms with Gasteiger partial charge < -0.3 is 10.1 Å². The SMILES string of the molecule is CNC1CCCc2ccc(OCc3ccccn3)cc21. The molecule has 1 aromatic carbocycles. The molecule has 0 radical (unpaired) electrons. The number of ether oxygens (including phenoxy) is 1. The third-order valence-electron chi connectivity index (χ3n) is 3.89. The summed E-state index contributed by atoms with van der Waals surface area (Å²) in [4.78, 5) is 4.28. The number of pyridine rings is 1. The van der Waals surface area contributed by atoms with Crippen molar-refractivity contribution in [1.82, 2.24) is 10.3 Å². The lowest BCUT2D eigenvalue weighted by molar-refractivity contribution is 0.300. The second-order valence-corrected chi connectivity index (χ2v) is 5.20. The summed E-state index contributed by atoms with van der Waals surface area (Å²) in [5.74, 6) is 0.927. The Balaban J connectivity index is 1.75. The minimum Gasteiger partial charge on any atom is -0.487 e. The fourth-order valence-corrected chi connectivity index (χ4v) is 2.81. The van der Waals surface area contributed by atoms with Crippen LogP contribution in [0.1, 0.15) is 35.7 Å². The fourth-order valence-electron chi connectivity index (χ4n) is 2.81. The maximum Gasteiger partial charge on any atom is 0.130 e. The van der Waals surface area contributed by atoms with Crippen molar-refractivity contribution in [3.05, 3.63) is 59.4 Å². The lowest BCUT2D eigenvalue weighted by Gasteiger charge is -2.25. The number of hydrogen-bond donors (Lipinski definition) is 1. The van der Waals surface area contributed by atoms with Crippen LogP contribution in [0.2, 0.25) is 0 Å². The highest BCUT2D eigenvalue weighted by Gasteiger charge is 2.19. The summed E-state index contributed by atoms with van der Waals surface area (Å²) in [7, 11) is 2.03. The third-order valence-corrected chi connectivity index (χ3v) is 3.89. The van der Waals surface area contributed by atoms with Crippen LogP contribution in [0.5, 0.6) is 5.75 Å². The number of fused-ring (bicyclic) bond motifs is 1. The predicted octanol–water partition coefficient (Wildman–Crippen LogP) is 3.26. The number of aromatic nitrogens is 1. The Morgan fingerprint density at radius 3 is 3.05 bits per heavy atom. The second kappa shape index (κ2) is 6.06. The van der Waals surface area contributed by atoms with Crippen LogP contribution >= 0.6 is 0 Å². The highest BCUT2D eigenvalue weighted by atomic mass is 16.5. The zero-order chi connectivity index (χ0) is 13.8. The van der Waals surface area contributed by atoms with E-state index in [4.69, 9.17) is 4.74 Å². The van der Waals surface area contributed by atoms with E-state index in [0.717, 1.165) is 11.4 Å². The molecule has 0 aliphatic heterocycles. The molecule has 1 heterocycles. The van der Waals surface area contributed by atoms with Crippen molar-refractivity contribution in [2.45, 2.75) is 31.9 Å². The summed E-state index contributed by atoms with van der Waals surface area (Å²) in [6, 6.07) is 12.8. The molecule has 0 bridgehead atoms. The van der Waals surface area contributed by atoms with Crippen LogP contribution in [0.3, 0.4) is 0 Å². The summed E-state index contributed by atoms with van der Waals surface area (Å²) >= 11 is 0. The summed E-state index contributed by atoms with van der Waals surface area (Å²) in [6.07, 6.45) is 5.43. The average Bonchev–Trinajstić information content (AvgIpc) is 2.53. The van der Waals surface area contributed by atoms with Gasteiger partial charge in [0, 0.05) is 12.2 Å². The van der Waals surface area contributed by atoms with Crippen LogP contribution in [-0.4, -0.2) is 12.0 Å². The molecule has 1 aliphatic carbocycles. The maximum absolute atomic E-state index is 5.86. The van der Waals surface area contributed by atoms with Gasteiger partial charge in [0.15, 0.2) is 0 Å². The molecule has 0 spiro atoms. The first-order valence-corrected chi connectivity index (χ1v) is 7.19.